The molecule has 1 aliphatic rings. The molecular formula is C22H22ClN3O3. The number of halogens is 1. The topological polar surface area (TPSA) is 77.2 Å². The fourth-order valence-corrected chi connectivity index (χ4v) is 3.58. The summed E-state index contributed by atoms with van der Waals surface area (Å²) in [7, 11) is 0. The third-order valence-electron chi connectivity index (χ3n) is 5.01. The van der Waals surface area contributed by atoms with Gasteiger partial charge in [0.15, 0.2) is 6.10 Å². The van der Waals surface area contributed by atoms with Gasteiger partial charge in [-0.15, -0.1) is 0 Å². The first kappa shape index (κ1) is 19.5. The molecule has 1 amide bonds. The smallest absolute Gasteiger partial charge is 0.261 e. The molecule has 0 fully saturated rings. The van der Waals surface area contributed by atoms with Crippen LogP contribution in [0.1, 0.15) is 36.8 Å². The summed E-state index contributed by atoms with van der Waals surface area (Å²) in [5, 5.41) is 7.37. The number of amides is 1. The van der Waals surface area contributed by atoms with Crippen molar-refractivity contribution in [3.63, 3.8) is 0 Å². The number of rotatable bonds is 6. The van der Waals surface area contributed by atoms with Gasteiger partial charge in [-0.2, -0.15) is 4.98 Å². The largest absolute Gasteiger partial charge is 0.481 e. The number of hydrogen-bond donors (Lipinski definition) is 1. The maximum atomic E-state index is 12.5. The van der Waals surface area contributed by atoms with E-state index in [2.05, 4.69) is 21.5 Å². The summed E-state index contributed by atoms with van der Waals surface area (Å²) in [5.74, 6) is 1.34. The number of hydrogen-bond acceptors (Lipinski definition) is 5. The second-order valence-electron chi connectivity index (χ2n) is 7.10. The zero-order chi connectivity index (χ0) is 20.2. The van der Waals surface area contributed by atoms with Crippen LogP contribution in [-0.2, 0) is 24.2 Å². The fraction of sp³-hybridized carbons (Fsp3) is 0.318. The van der Waals surface area contributed by atoms with Crippen molar-refractivity contribution in [2.45, 2.75) is 45.3 Å². The zero-order valence-corrected chi connectivity index (χ0v) is 16.9. The Morgan fingerprint density at radius 3 is 2.83 bits per heavy atom. The lowest BCUT2D eigenvalue weighted by atomic mass is 9.91. The van der Waals surface area contributed by atoms with Crippen LogP contribution in [0.4, 0.5) is 0 Å². The molecule has 29 heavy (non-hydrogen) atoms. The van der Waals surface area contributed by atoms with E-state index >= 15 is 0 Å². The number of benzene rings is 2. The molecule has 4 rings (SSSR count). The average Bonchev–Trinajstić information content (AvgIpc) is 3.22. The first-order valence-electron chi connectivity index (χ1n) is 9.74. The molecule has 1 atom stereocenters. The molecule has 1 aromatic heterocycles. The Hall–Kier alpha value is -2.86. The van der Waals surface area contributed by atoms with E-state index in [1.807, 2.05) is 24.3 Å². The normalized spacial score (nSPS) is 14.1. The first-order valence-corrected chi connectivity index (χ1v) is 10.1. The molecule has 1 aliphatic carbocycles. The molecule has 1 unspecified atom stereocenters. The van der Waals surface area contributed by atoms with Crippen LogP contribution in [0.3, 0.4) is 0 Å². The second kappa shape index (κ2) is 8.66. The Kier molecular flexibility index (Phi) is 5.81. The summed E-state index contributed by atoms with van der Waals surface area (Å²) in [5.41, 5.74) is 3.34. The Morgan fingerprint density at radius 2 is 2.00 bits per heavy atom. The van der Waals surface area contributed by atoms with E-state index < -0.39 is 6.10 Å². The van der Waals surface area contributed by atoms with Gasteiger partial charge in [-0.25, -0.2) is 0 Å². The Labute approximate surface area is 174 Å². The van der Waals surface area contributed by atoms with E-state index in [0.717, 1.165) is 30.6 Å². The molecule has 2 aromatic carbocycles. The van der Waals surface area contributed by atoms with Gasteiger partial charge >= 0.3 is 0 Å². The van der Waals surface area contributed by atoms with Gasteiger partial charge in [-0.1, -0.05) is 28.9 Å². The van der Waals surface area contributed by atoms with Gasteiger partial charge in [0.05, 0.1) is 6.54 Å². The highest BCUT2D eigenvalue weighted by molar-refractivity contribution is 6.30. The van der Waals surface area contributed by atoms with Crippen molar-refractivity contribution < 1.29 is 14.1 Å². The molecule has 0 saturated carbocycles. The predicted octanol–water partition coefficient (Wildman–Crippen LogP) is 4.35. The molecule has 6 nitrogen and oxygen atoms in total. The zero-order valence-electron chi connectivity index (χ0n) is 16.2. The quantitative estimate of drug-likeness (QED) is 0.652. The number of aryl methyl sites for hydroxylation is 1. The Balaban J connectivity index is 1.35. The maximum absolute atomic E-state index is 12.5. The van der Waals surface area contributed by atoms with Crippen LogP contribution in [0.25, 0.3) is 11.4 Å². The van der Waals surface area contributed by atoms with Crippen molar-refractivity contribution >= 4 is 17.5 Å². The molecule has 3 aromatic rings. The third kappa shape index (κ3) is 4.59. The minimum Gasteiger partial charge on any atom is -0.481 e. The minimum atomic E-state index is -0.623. The predicted molar refractivity (Wildman–Crippen MR) is 110 cm³/mol. The van der Waals surface area contributed by atoms with Crippen LogP contribution in [-0.4, -0.2) is 22.2 Å². The number of aromatic nitrogens is 2. The molecule has 0 bridgehead atoms. The van der Waals surface area contributed by atoms with Crippen molar-refractivity contribution in [2.75, 3.05) is 0 Å². The summed E-state index contributed by atoms with van der Waals surface area (Å²) in [6.07, 6.45) is 3.80. The average molecular weight is 412 g/mol. The minimum absolute atomic E-state index is 0.139. The summed E-state index contributed by atoms with van der Waals surface area (Å²) in [4.78, 5) is 16.8. The van der Waals surface area contributed by atoms with E-state index in [4.69, 9.17) is 20.9 Å². The van der Waals surface area contributed by atoms with Gasteiger partial charge in [0.1, 0.15) is 5.75 Å². The van der Waals surface area contributed by atoms with Crippen LogP contribution < -0.4 is 10.1 Å². The third-order valence-corrected chi connectivity index (χ3v) is 5.26. The molecule has 1 heterocycles. The summed E-state index contributed by atoms with van der Waals surface area (Å²) in [6, 6.07) is 13.2. The van der Waals surface area contributed by atoms with Crippen molar-refractivity contribution in [3.05, 3.63) is 64.5 Å². The van der Waals surface area contributed by atoms with Crippen molar-refractivity contribution in [3.8, 4) is 17.1 Å². The highest BCUT2D eigenvalue weighted by Crippen LogP contribution is 2.30. The van der Waals surface area contributed by atoms with Crippen LogP contribution in [0.2, 0.25) is 5.02 Å². The second-order valence-corrected chi connectivity index (χ2v) is 7.53. The van der Waals surface area contributed by atoms with Crippen molar-refractivity contribution in [2.24, 2.45) is 0 Å². The van der Waals surface area contributed by atoms with E-state index in [-0.39, 0.29) is 12.5 Å². The van der Waals surface area contributed by atoms with E-state index in [9.17, 15) is 4.79 Å². The van der Waals surface area contributed by atoms with Gasteiger partial charge in [-0.05, 0) is 74.1 Å². The number of nitrogens with one attached hydrogen (secondary N) is 1. The molecule has 0 saturated heterocycles. The van der Waals surface area contributed by atoms with Crippen molar-refractivity contribution in [1.29, 1.82) is 0 Å². The summed E-state index contributed by atoms with van der Waals surface area (Å²) in [6.45, 7) is 1.88. The van der Waals surface area contributed by atoms with Gasteiger partial charge in [0.2, 0.25) is 11.7 Å². The van der Waals surface area contributed by atoms with Gasteiger partial charge in [-0.3, -0.25) is 4.79 Å². The van der Waals surface area contributed by atoms with E-state index in [1.165, 1.54) is 17.5 Å². The summed E-state index contributed by atoms with van der Waals surface area (Å²) < 4.78 is 11.2. The molecule has 0 spiro atoms. The van der Waals surface area contributed by atoms with Crippen LogP contribution in [0.15, 0.2) is 47.0 Å². The van der Waals surface area contributed by atoms with Crippen LogP contribution in [0.5, 0.6) is 5.75 Å². The molecular weight excluding hydrogens is 390 g/mol. The van der Waals surface area contributed by atoms with Crippen LogP contribution in [0, 0.1) is 0 Å². The SMILES string of the molecule is CC(Oc1cccc2c1CCCC2)C(=O)NCc1nc(-c2ccc(Cl)cc2)no1. The fourth-order valence-electron chi connectivity index (χ4n) is 3.45. The van der Waals surface area contributed by atoms with Gasteiger partial charge < -0.3 is 14.6 Å². The number of fused-ring (bicyclic) bond motifs is 1. The molecule has 1 N–H and O–H groups in total. The molecule has 0 aliphatic heterocycles. The Morgan fingerprint density at radius 1 is 1.21 bits per heavy atom. The standard InChI is InChI=1S/C22H22ClN3O3/c1-14(28-19-8-4-6-15-5-2-3-7-18(15)19)22(27)24-13-20-25-21(26-29-20)16-9-11-17(23)12-10-16/h4,6,8-12,14H,2-3,5,7,13H2,1H3,(H,24,27). The van der Waals surface area contributed by atoms with E-state index in [1.54, 1.807) is 19.1 Å². The molecule has 7 heteroatoms. The monoisotopic (exact) mass is 411 g/mol. The Bertz CT molecular complexity index is 1000. The maximum Gasteiger partial charge on any atom is 0.261 e. The van der Waals surface area contributed by atoms with Gasteiger partial charge in [0, 0.05) is 10.6 Å². The van der Waals surface area contributed by atoms with Crippen molar-refractivity contribution in [1.82, 2.24) is 15.5 Å². The highest BCUT2D eigenvalue weighted by Gasteiger charge is 2.20. The number of carbonyl (C=O) groups is 1. The number of carbonyl (C=O) groups excluding carboxylic acids is 1. The van der Waals surface area contributed by atoms with Crippen LogP contribution >= 0.6 is 11.6 Å². The number of nitrogens with zero attached hydrogens (tertiary/aromatic N) is 2. The lowest BCUT2D eigenvalue weighted by Gasteiger charge is -2.21. The summed E-state index contributed by atoms with van der Waals surface area (Å²) >= 11 is 5.89. The number of ether oxygens (including phenoxy) is 1. The molecule has 0 radical (unpaired) electrons. The highest BCUT2D eigenvalue weighted by atomic mass is 35.5. The lowest BCUT2D eigenvalue weighted by Crippen LogP contribution is -2.36. The van der Waals surface area contributed by atoms with Gasteiger partial charge in [0.25, 0.3) is 5.91 Å². The van der Waals surface area contributed by atoms with E-state index in [0.29, 0.717) is 16.7 Å². The lowest BCUT2D eigenvalue weighted by molar-refractivity contribution is -0.127. The first-order chi connectivity index (χ1) is 14.1. The molecule has 150 valence electrons.